The Bertz CT molecular complexity index is 492. The van der Waals surface area contributed by atoms with Crippen molar-refractivity contribution in [3.63, 3.8) is 0 Å². The van der Waals surface area contributed by atoms with Crippen LogP contribution in [-0.2, 0) is 4.79 Å². The van der Waals surface area contributed by atoms with Crippen LogP contribution in [0.4, 0.5) is 0 Å². The lowest BCUT2D eigenvalue weighted by Gasteiger charge is -2.03. The minimum absolute atomic E-state index is 0.0559. The highest BCUT2D eigenvalue weighted by Crippen LogP contribution is 2.18. The summed E-state index contributed by atoms with van der Waals surface area (Å²) in [7, 11) is 1.63. The van der Waals surface area contributed by atoms with Crippen LogP contribution in [0.1, 0.15) is 10.4 Å². The van der Waals surface area contributed by atoms with Gasteiger partial charge in [0.2, 0.25) is 0 Å². The molecule has 0 aromatic heterocycles. The molecular formula is C15H15NO2. The lowest BCUT2D eigenvalue weighted by molar-refractivity contribution is -0.0979. The van der Waals surface area contributed by atoms with Crippen molar-refractivity contribution in [1.82, 2.24) is 5.32 Å². The summed E-state index contributed by atoms with van der Waals surface area (Å²) >= 11 is 0. The molecule has 0 heterocycles. The molecular weight excluding hydrogens is 226 g/mol. The van der Waals surface area contributed by atoms with E-state index in [1.165, 1.54) is 0 Å². The molecule has 1 amide bonds. The molecule has 0 radical (unpaired) electrons. The van der Waals surface area contributed by atoms with Crippen LogP contribution in [0.3, 0.4) is 0 Å². The van der Waals surface area contributed by atoms with Gasteiger partial charge in [0.1, 0.15) is 6.79 Å². The van der Waals surface area contributed by atoms with Gasteiger partial charge >= 0.3 is 0 Å². The fraction of sp³-hybridized carbons (Fsp3) is 0.0667. The van der Waals surface area contributed by atoms with E-state index < -0.39 is 0 Å². The molecule has 1 N–H and O–H groups in total. The van der Waals surface area contributed by atoms with Gasteiger partial charge in [0.25, 0.3) is 5.91 Å². The Morgan fingerprint density at radius 1 is 0.889 bits per heavy atom. The quantitative estimate of drug-likeness (QED) is 0.878. The second-order valence-corrected chi connectivity index (χ2v) is 3.52. The number of nitrogens with one attached hydrogen (secondary N) is 1. The Balaban J connectivity index is 0.000000771. The summed E-state index contributed by atoms with van der Waals surface area (Å²) in [5.41, 5.74) is 2.96. The summed E-state index contributed by atoms with van der Waals surface area (Å²) in [6, 6.07) is 17.7. The van der Waals surface area contributed by atoms with Gasteiger partial charge in [0.15, 0.2) is 0 Å². The van der Waals surface area contributed by atoms with Gasteiger partial charge in [0.05, 0.1) is 0 Å². The van der Waals surface area contributed by atoms with E-state index in [2.05, 4.69) is 17.4 Å². The van der Waals surface area contributed by atoms with Gasteiger partial charge in [0, 0.05) is 12.6 Å². The van der Waals surface area contributed by atoms with E-state index in [0.29, 0.717) is 5.56 Å². The lowest BCUT2D eigenvalue weighted by Crippen LogP contribution is -2.17. The highest BCUT2D eigenvalue weighted by atomic mass is 16.1. The van der Waals surface area contributed by atoms with Crippen LogP contribution in [0.15, 0.2) is 54.6 Å². The van der Waals surface area contributed by atoms with E-state index in [-0.39, 0.29) is 5.91 Å². The zero-order valence-electron chi connectivity index (χ0n) is 10.2. The number of amides is 1. The normalized spacial score (nSPS) is 8.94. The predicted molar refractivity (Wildman–Crippen MR) is 72.4 cm³/mol. The summed E-state index contributed by atoms with van der Waals surface area (Å²) in [6.45, 7) is 2.00. The Labute approximate surface area is 106 Å². The van der Waals surface area contributed by atoms with Crippen molar-refractivity contribution in [2.75, 3.05) is 7.05 Å². The molecule has 0 aliphatic heterocycles. The maximum atomic E-state index is 11.4. The monoisotopic (exact) mass is 241 g/mol. The summed E-state index contributed by atoms with van der Waals surface area (Å²) in [5, 5.41) is 2.60. The molecule has 2 rings (SSSR count). The van der Waals surface area contributed by atoms with Crippen LogP contribution in [0.25, 0.3) is 11.1 Å². The molecule has 2 aromatic carbocycles. The number of carbonyl (C=O) groups is 2. The average molecular weight is 241 g/mol. The van der Waals surface area contributed by atoms with Crippen LogP contribution >= 0.6 is 0 Å². The van der Waals surface area contributed by atoms with Crippen LogP contribution in [0.2, 0.25) is 0 Å². The molecule has 0 aliphatic rings. The first-order valence-corrected chi connectivity index (χ1v) is 5.47. The van der Waals surface area contributed by atoms with E-state index in [0.717, 1.165) is 11.1 Å². The second-order valence-electron chi connectivity index (χ2n) is 3.52. The van der Waals surface area contributed by atoms with Crippen LogP contribution < -0.4 is 5.32 Å². The van der Waals surface area contributed by atoms with Crippen molar-refractivity contribution in [3.05, 3.63) is 60.2 Å². The third-order valence-electron chi connectivity index (χ3n) is 2.48. The average Bonchev–Trinajstić information content (AvgIpc) is 2.49. The van der Waals surface area contributed by atoms with E-state index in [1.807, 2.05) is 49.3 Å². The molecule has 0 saturated heterocycles. The fourth-order valence-corrected chi connectivity index (χ4v) is 1.59. The maximum Gasteiger partial charge on any atom is 0.251 e. The van der Waals surface area contributed by atoms with E-state index in [9.17, 15) is 4.79 Å². The van der Waals surface area contributed by atoms with Crippen molar-refractivity contribution in [2.24, 2.45) is 0 Å². The van der Waals surface area contributed by atoms with Crippen molar-refractivity contribution < 1.29 is 9.59 Å². The molecule has 92 valence electrons. The molecule has 0 unspecified atom stereocenters. The summed E-state index contributed by atoms with van der Waals surface area (Å²) < 4.78 is 0. The van der Waals surface area contributed by atoms with Gasteiger partial charge in [-0.05, 0) is 23.3 Å². The molecule has 3 heteroatoms. The fourth-order valence-electron chi connectivity index (χ4n) is 1.59. The Morgan fingerprint density at radius 3 is 1.89 bits per heavy atom. The molecule has 0 spiro atoms. The molecule has 0 bridgehead atoms. The van der Waals surface area contributed by atoms with Gasteiger partial charge < -0.3 is 10.1 Å². The van der Waals surface area contributed by atoms with Crippen molar-refractivity contribution in [2.45, 2.75) is 0 Å². The van der Waals surface area contributed by atoms with Crippen molar-refractivity contribution >= 4 is 12.7 Å². The minimum Gasteiger partial charge on any atom is -0.355 e. The highest BCUT2D eigenvalue weighted by Gasteiger charge is 2.02. The first-order valence-electron chi connectivity index (χ1n) is 5.47. The van der Waals surface area contributed by atoms with Gasteiger partial charge in [-0.3, -0.25) is 4.79 Å². The number of hydrogen-bond donors (Lipinski definition) is 1. The van der Waals surface area contributed by atoms with Crippen LogP contribution in [-0.4, -0.2) is 19.7 Å². The van der Waals surface area contributed by atoms with E-state index in [1.54, 1.807) is 7.05 Å². The smallest absolute Gasteiger partial charge is 0.251 e. The summed E-state index contributed by atoms with van der Waals surface area (Å²) in [5.74, 6) is -0.0559. The number of benzene rings is 2. The largest absolute Gasteiger partial charge is 0.355 e. The van der Waals surface area contributed by atoms with Crippen LogP contribution in [0.5, 0.6) is 0 Å². The molecule has 0 fully saturated rings. The van der Waals surface area contributed by atoms with Crippen molar-refractivity contribution in [1.29, 1.82) is 0 Å². The number of hydrogen-bond acceptors (Lipinski definition) is 2. The third-order valence-corrected chi connectivity index (χ3v) is 2.48. The van der Waals surface area contributed by atoms with Crippen LogP contribution in [0, 0.1) is 0 Å². The lowest BCUT2D eigenvalue weighted by atomic mass is 10.0. The summed E-state index contributed by atoms with van der Waals surface area (Å²) in [4.78, 5) is 19.4. The van der Waals surface area contributed by atoms with Gasteiger partial charge in [-0.15, -0.1) is 0 Å². The second kappa shape index (κ2) is 7.01. The van der Waals surface area contributed by atoms with E-state index in [4.69, 9.17) is 4.79 Å². The number of rotatable bonds is 2. The highest BCUT2D eigenvalue weighted by molar-refractivity contribution is 5.94. The first kappa shape index (κ1) is 13.6. The van der Waals surface area contributed by atoms with Gasteiger partial charge in [-0.1, -0.05) is 42.5 Å². The maximum absolute atomic E-state index is 11.4. The van der Waals surface area contributed by atoms with E-state index >= 15 is 0 Å². The van der Waals surface area contributed by atoms with Gasteiger partial charge in [-0.2, -0.15) is 0 Å². The minimum atomic E-state index is -0.0559. The molecule has 0 atom stereocenters. The molecule has 2 aromatic rings. The molecule has 18 heavy (non-hydrogen) atoms. The Hall–Kier alpha value is -2.42. The third kappa shape index (κ3) is 3.28. The zero-order chi connectivity index (χ0) is 13.4. The van der Waals surface area contributed by atoms with Gasteiger partial charge in [-0.25, -0.2) is 0 Å². The standard InChI is InChI=1S/C14H13NO.CH2O/c1-15-14(16)13-9-7-12(8-10-13)11-5-3-2-4-6-11;1-2/h2-10H,1H3,(H,15,16);1H2. The molecule has 3 nitrogen and oxygen atoms in total. The first-order chi connectivity index (χ1) is 8.81. The molecule has 0 aliphatic carbocycles. The predicted octanol–water partition coefficient (Wildman–Crippen LogP) is 2.53. The summed E-state index contributed by atoms with van der Waals surface area (Å²) in [6.07, 6.45) is 0. The zero-order valence-corrected chi connectivity index (χ0v) is 10.2. The Kier molecular flexibility index (Phi) is 5.32. The SMILES string of the molecule is C=O.CNC(=O)c1ccc(-c2ccccc2)cc1. The molecule has 0 saturated carbocycles. The van der Waals surface area contributed by atoms with Crippen molar-refractivity contribution in [3.8, 4) is 11.1 Å². The number of carbonyl (C=O) groups excluding carboxylic acids is 2. The Morgan fingerprint density at radius 2 is 1.39 bits per heavy atom. The topological polar surface area (TPSA) is 46.2 Å².